The molecule has 2 N–H and O–H groups in total. The quantitative estimate of drug-likeness (QED) is 0.833. The topological polar surface area (TPSA) is 58.2 Å². The minimum atomic E-state index is -0.245. The average Bonchev–Trinajstić information content (AvgIpc) is 2.61. The largest absolute Gasteiger partial charge is 0.348 e. The van der Waals surface area contributed by atoms with Crippen molar-refractivity contribution < 1.29 is 9.59 Å². The lowest BCUT2D eigenvalue weighted by Gasteiger charge is -2.19. The van der Waals surface area contributed by atoms with Gasteiger partial charge in [-0.05, 0) is 55.0 Å². The van der Waals surface area contributed by atoms with Gasteiger partial charge in [0.25, 0.3) is 5.91 Å². The summed E-state index contributed by atoms with van der Waals surface area (Å²) in [6.45, 7) is 12.3. The molecule has 0 radical (unpaired) electrons. The molecule has 0 aliphatic rings. The second-order valence-electron chi connectivity index (χ2n) is 8.16. The molecule has 1 atom stereocenters. The molecular weight excluding hydrogens is 336 g/mol. The number of nitrogens with one attached hydrogen (secondary N) is 2. The van der Waals surface area contributed by atoms with Crippen LogP contribution in [0, 0.1) is 13.8 Å². The molecule has 0 fully saturated rings. The molecular formula is C23H30N2O2. The summed E-state index contributed by atoms with van der Waals surface area (Å²) in [6.07, 6.45) is 0. The average molecular weight is 367 g/mol. The Morgan fingerprint density at radius 1 is 1.00 bits per heavy atom. The van der Waals surface area contributed by atoms with E-state index in [4.69, 9.17) is 0 Å². The van der Waals surface area contributed by atoms with E-state index < -0.39 is 0 Å². The van der Waals surface area contributed by atoms with Crippen molar-refractivity contribution in [3.05, 3.63) is 70.3 Å². The van der Waals surface area contributed by atoms with Crippen molar-refractivity contribution in [2.45, 2.75) is 53.0 Å². The van der Waals surface area contributed by atoms with Gasteiger partial charge in [-0.25, -0.2) is 0 Å². The maximum absolute atomic E-state index is 12.3. The van der Waals surface area contributed by atoms with Crippen LogP contribution in [0.4, 0.5) is 0 Å². The van der Waals surface area contributed by atoms with Crippen LogP contribution in [-0.2, 0) is 10.2 Å². The SMILES string of the molecule is Cc1ccc(C)c(C(C)NC(=O)CNC(=O)c2ccc(C(C)(C)C)cc2)c1. The van der Waals surface area contributed by atoms with Crippen molar-refractivity contribution in [1.29, 1.82) is 0 Å². The molecule has 0 saturated heterocycles. The highest BCUT2D eigenvalue weighted by Crippen LogP contribution is 2.22. The van der Waals surface area contributed by atoms with Crippen LogP contribution in [-0.4, -0.2) is 18.4 Å². The fourth-order valence-corrected chi connectivity index (χ4v) is 2.98. The van der Waals surface area contributed by atoms with Crippen LogP contribution >= 0.6 is 0 Å². The summed E-state index contributed by atoms with van der Waals surface area (Å²) in [5.41, 5.74) is 5.14. The zero-order chi connectivity index (χ0) is 20.2. The van der Waals surface area contributed by atoms with Gasteiger partial charge in [-0.2, -0.15) is 0 Å². The zero-order valence-electron chi connectivity index (χ0n) is 17.1. The van der Waals surface area contributed by atoms with Gasteiger partial charge in [0.1, 0.15) is 0 Å². The number of aryl methyl sites for hydroxylation is 2. The first-order valence-corrected chi connectivity index (χ1v) is 9.33. The third-order valence-corrected chi connectivity index (χ3v) is 4.70. The van der Waals surface area contributed by atoms with Crippen LogP contribution in [0.15, 0.2) is 42.5 Å². The predicted octanol–water partition coefficient (Wildman–Crippen LogP) is 4.21. The molecule has 144 valence electrons. The van der Waals surface area contributed by atoms with E-state index in [1.165, 1.54) is 5.56 Å². The smallest absolute Gasteiger partial charge is 0.251 e. The van der Waals surface area contributed by atoms with Crippen molar-refractivity contribution >= 4 is 11.8 Å². The highest BCUT2D eigenvalue weighted by molar-refractivity contribution is 5.96. The van der Waals surface area contributed by atoms with E-state index in [0.29, 0.717) is 5.56 Å². The van der Waals surface area contributed by atoms with Crippen molar-refractivity contribution in [2.24, 2.45) is 0 Å². The van der Waals surface area contributed by atoms with Crippen LogP contribution in [0.1, 0.15) is 66.3 Å². The first kappa shape index (κ1) is 20.7. The Bertz CT molecular complexity index is 817. The Labute approximate surface area is 162 Å². The lowest BCUT2D eigenvalue weighted by Crippen LogP contribution is -2.38. The molecule has 2 amide bonds. The molecule has 4 nitrogen and oxygen atoms in total. The summed E-state index contributed by atoms with van der Waals surface area (Å²) < 4.78 is 0. The second-order valence-corrected chi connectivity index (χ2v) is 8.16. The fourth-order valence-electron chi connectivity index (χ4n) is 2.98. The minimum Gasteiger partial charge on any atom is -0.348 e. The van der Waals surface area contributed by atoms with Gasteiger partial charge >= 0.3 is 0 Å². The van der Waals surface area contributed by atoms with Crippen LogP contribution in [0.2, 0.25) is 0 Å². The molecule has 0 heterocycles. The van der Waals surface area contributed by atoms with Gasteiger partial charge in [0.2, 0.25) is 5.91 Å². The van der Waals surface area contributed by atoms with E-state index >= 15 is 0 Å². The second kappa shape index (κ2) is 8.38. The Kier molecular flexibility index (Phi) is 6.42. The number of rotatable bonds is 5. The maximum atomic E-state index is 12.3. The molecule has 1 unspecified atom stereocenters. The summed E-state index contributed by atoms with van der Waals surface area (Å²) in [5, 5.41) is 5.64. The van der Waals surface area contributed by atoms with E-state index in [-0.39, 0.29) is 29.8 Å². The molecule has 2 rings (SSSR count). The Morgan fingerprint density at radius 3 is 2.22 bits per heavy atom. The number of hydrogen-bond donors (Lipinski definition) is 2. The Balaban J connectivity index is 1.91. The number of carbonyl (C=O) groups excluding carboxylic acids is 2. The van der Waals surface area contributed by atoms with Gasteiger partial charge in [-0.15, -0.1) is 0 Å². The number of hydrogen-bond acceptors (Lipinski definition) is 2. The molecule has 0 saturated carbocycles. The van der Waals surface area contributed by atoms with Crippen LogP contribution in [0.25, 0.3) is 0 Å². The van der Waals surface area contributed by atoms with Gasteiger partial charge in [0, 0.05) is 5.56 Å². The van der Waals surface area contributed by atoms with Gasteiger partial charge in [-0.3, -0.25) is 9.59 Å². The van der Waals surface area contributed by atoms with Gasteiger partial charge in [0.15, 0.2) is 0 Å². The predicted molar refractivity (Wildman–Crippen MR) is 110 cm³/mol. The molecule has 27 heavy (non-hydrogen) atoms. The number of carbonyl (C=O) groups is 2. The van der Waals surface area contributed by atoms with E-state index in [1.807, 2.05) is 32.9 Å². The fraction of sp³-hybridized carbons (Fsp3) is 0.391. The van der Waals surface area contributed by atoms with Gasteiger partial charge < -0.3 is 10.6 Å². The molecule has 0 bridgehead atoms. The van der Waals surface area contributed by atoms with Crippen molar-refractivity contribution in [3.63, 3.8) is 0 Å². The molecule has 0 aromatic heterocycles. The standard InChI is InChI=1S/C23H30N2O2/c1-15-7-8-16(2)20(13-15)17(3)25-21(26)14-24-22(27)18-9-11-19(12-10-18)23(4,5)6/h7-13,17H,14H2,1-6H3,(H,24,27)(H,25,26). The van der Waals surface area contributed by atoms with Crippen LogP contribution < -0.4 is 10.6 Å². The normalized spacial score (nSPS) is 12.4. The molecule has 0 aliphatic carbocycles. The first-order valence-electron chi connectivity index (χ1n) is 9.33. The number of benzene rings is 2. The molecule has 0 spiro atoms. The zero-order valence-corrected chi connectivity index (χ0v) is 17.1. The summed E-state index contributed by atoms with van der Waals surface area (Å²) in [4.78, 5) is 24.5. The van der Waals surface area contributed by atoms with E-state index in [0.717, 1.165) is 16.7 Å². The minimum absolute atomic E-state index is 0.0406. The Morgan fingerprint density at radius 2 is 1.63 bits per heavy atom. The van der Waals surface area contributed by atoms with Gasteiger partial charge in [0.05, 0.1) is 12.6 Å². The molecule has 2 aromatic carbocycles. The maximum Gasteiger partial charge on any atom is 0.251 e. The van der Waals surface area contributed by atoms with E-state index in [1.54, 1.807) is 12.1 Å². The summed E-state index contributed by atoms with van der Waals surface area (Å²) >= 11 is 0. The van der Waals surface area contributed by atoms with Crippen molar-refractivity contribution in [3.8, 4) is 0 Å². The molecule has 0 aliphatic heterocycles. The summed E-state index contributed by atoms with van der Waals surface area (Å²) in [6, 6.07) is 13.6. The first-order chi connectivity index (χ1) is 12.6. The summed E-state index contributed by atoms with van der Waals surface area (Å²) in [5.74, 6) is -0.451. The lowest BCUT2D eigenvalue weighted by atomic mass is 9.87. The monoisotopic (exact) mass is 366 g/mol. The van der Waals surface area contributed by atoms with Crippen LogP contribution in [0.3, 0.4) is 0 Å². The number of amides is 2. The van der Waals surface area contributed by atoms with Crippen molar-refractivity contribution in [1.82, 2.24) is 10.6 Å². The third-order valence-electron chi connectivity index (χ3n) is 4.70. The van der Waals surface area contributed by atoms with E-state index in [9.17, 15) is 9.59 Å². The summed E-state index contributed by atoms with van der Waals surface area (Å²) in [7, 11) is 0. The highest BCUT2D eigenvalue weighted by Gasteiger charge is 2.16. The van der Waals surface area contributed by atoms with Crippen LogP contribution in [0.5, 0.6) is 0 Å². The highest BCUT2D eigenvalue weighted by atomic mass is 16.2. The third kappa shape index (κ3) is 5.68. The lowest BCUT2D eigenvalue weighted by molar-refractivity contribution is -0.120. The molecule has 2 aromatic rings. The van der Waals surface area contributed by atoms with Gasteiger partial charge in [-0.1, -0.05) is 56.7 Å². The van der Waals surface area contributed by atoms with Crippen molar-refractivity contribution in [2.75, 3.05) is 6.54 Å². The molecule has 4 heteroatoms. The van der Waals surface area contributed by atoms with E-state index in [2.05, 4.69) is 49.6 Å². The Hall–Kier alpha value is -2.62.